The molecule has 0 aliphatic rings. The number of Topliss-reactive ketones (excluding diaryl/α,β-unsaturated/α-hetero) is 1. The van der Waals surface area contributed by atoms with Crippen molar-refractivity contribution in [1.29, 1.82) is 0 Å². The number of phenols is 1. The summed E-state index contributed by atoms with van der Waals surface area (Å²) >= 11 is 0. The van der Waals surface area contributed by atoms with Crippen LogP contribution in [0.1, 0.15) is 36.7 Å². The van der Waals surface area contributed by atoms with Gasteiger partial charge in [-0.1, -0.05) is 20.8 Å². The van der Waals surface area contributed by atoms with Gasteiger partial charge in [0.15, 0.2) is 5.78 Å². The van der Waals surface area contributed by atoms with Gasteiger partial charge in [0, 0.05) is 5.56 Å². The number of rotatable bonds is 3. The molecule has 0 bridgehead atoms. The Kier molecular flexibility index (Phi) is 3.78. The van der Waals surface area contributed by atoms with Gasteiger partial charge < -0.3 is 15.6 Å². The van der Waals surface area contributed by atoms with E-state index in [1.165, 1.54) is 13.2 Å². The molecule has 0 aliphatic carbocycles. The quantitative estimate of drug-likeness (QED) is 0.787. The van der Waals surface area contributed by atoms with Crippen molar-refractivity contribution >= 4 is 5.78 Å². The third-order valence-corrected chi connectivity index (χ3v) is 2.61. The maximum atomic E-state index is 11.6. The number of methoxy groups -OCH3 is 1. The molecule has 94 valence electrons. The molecule has 0 spiro atoms. The summed E-state index contributed by atoms with van der Waals surface area (Å²) in [5.41, 5.74) is 5.94. The lowest BCUT2D eigenvalue weighted by Gasteiger charge is -2.22. The smallest absolute Gasteiger partial charge is 0.180 e. The van der Waals surface area contributed by atoms with E-state index in [9.17, 15) is 9.90 Å². The molecule has 0 radical (unpaired) electrons. The maximum absolute atomic E-state index is 11.6. The molecule has 4 nitrogen and oxygen atoms in total. The van der Waals surface area contributed by atoms with E-state index in [4.69, 9.17) is 10.5 Å². The van der Waals surface area contributed by atoms with E-state index in [1.807, 2.05) is 20.8 Å². The minimum Gasteiger partial charge on any atom is -0.507 e. The summed E-state index contributed by atoms with van der Waals surface area (Å²) in [4.78, 5) is 11.6. The molecule has 0 saturated carbocycles. The highest BCUT2D eigenvalue weighted by atomic mass is 16.5. The molecular weight excluding hydrogens is 218 g/mol. The Bertz CT molecular complexity index is 433. The van der Waals surface area contributed by atoms with Gasteiger partial charge in [-0.05, 0) is 17.5 Å². The van der Waals surface area contributed by atoms with Crippen LogP contribution in [-0.2, 0) is 5.41 Å². The fraction of sp³-hybridized carbons (Fsp3) is 0.462. The molecule has 0 fully saturated rings. The van der Waals surface area contributed by atoms with Crippen LogP contribution >= 0.6 is 0 Å². The number of ether oxygens (including phenoxy) is 1. The largest absolute Gasteiger partial charge is 0.507 e. The minimum absolute atomic E-state index is 0.00579. The van der Waals surface area contributed by atoms with Crippen LogP contribution in [0.25, 0.3) is 0 Å². The number of aromatic hydroxyl groups is 1. The van der Waals surface area contributed by atoms with Crippen molar-refractivity contribution < 1.29 is 14.6 Å². The molecule has 0 unspecified atom stereocenters. The maximum Gasteiger partial charge on any atom is 0.180 e. The first-order chi connectivity index (χ1) is 7.81. The molecule has 17 heavy (non-hydrogen) atoms. The monoisotopic (exact) mass is 237 g/mol. The number of carbonyl (C=O) groups is 1. The van der Waals surface area contributed by atoms with Crippen molar-refractivity contribution in [3.63, 3.8) is 0 Å². The fourth-order valence-electron chi connectivity index (χ4n) is 1.62. The van der Waals surface area contributed by atoms with Gasteiger partial charge in [0.2, 0.25) is 0 Å². The highest BCUT2D eigenvalue weighted by Crippen LogP contribution is 2.36. The second-order valence-electron chi connectivity index (χ2n) is 4.95. The third kappa shape index (κ3) is 2.77. The van der Waals surface area contributed by atoms with Crippen LogP contribution in [0.4, 0.5) is 0 Å². The van der Waals surface area contributed by atoms with E-state index < -0.39 is 0 Å². The van der Waals surface area contributed by atoms with Crippen LogP contribution in [-0.4, -0.2) is 24.5 Å². The van der Waals surface area contributed by atoms with Crippen molar-refractivity contribution in [2.45, 2.75) is 26.2 Å². The van der Waals surface area contributed by atoms with Crippen molar-refractivity contribution in [1.82, 2.24) is 0 Å². The van der Waals surface area contributed by atoms with E-state index in [2.05, 4.69) is 0 Å². The Morgan fingerprint density at radius 1 is 1.41 bits per heavy atom. The zero-order valence-electron chi connectivity index (χ0n) is 10.7. The highest BCUT2D eigenvalue weighted by molar-refractivity contribution is 6.00. The molecule has 0 heterocycles. The summed E-state index contributed by atoms with van der Waals surface area (Å²) in [5.74, 6) is 0.241. The summed E-state index contributed by atoms with van der Waals surface area (Å²) in [7, 11) is 1.52. The van der Waals surface area contributed by atoms with E-state index >= 15 is 0 Å². The molecule has 1 aromatic carbocycles. The lowest BCUT2D eigenvalue weighted by atomic mass is 9.84. The van der Waals surface area contributed by atoms with Crippen LogP contribution < -0.4 is 10.5 Å². The number of carbonyl (C=O) groups excluding carboxylic acids is 1. The zero-order valence-corrected chi connectivity index (χ0v) is 10.7. The lowest BCUT2D eigenvalue weighted by molar-refractivity contribution is 0.0998. The predicted octanol–water partition coefficient (Wildman–Crippen LogP) is 1.84. The van der Waals surface area contributed by atoms with E-state index in [1.54, 1.807) is 6.07 Å². The summed E-state index contributed by atoms with van der Waals surface area (Å²) in [6.07, 6.45) is 0. The summed E-state index contributed by atoms with van der Waals surface area (Å²) < 4.78 is 5.14. The van der Waals surface area contributed by atoms with Gasteiger partial charge in [-0.3, -0.25) is 4.79 Å². The fourth-order valence-corrected chi connectivity index (χ4v) is 1.62. The average Bonchev–Trinajstić information content (AvgIpc) is 2.26. The number of nitrogens with two attached hydrogens (primary N) is 1. The Hall–Kier alpha value is -1.55. The van der Waals surface area contributed by atoms with E-state index in [0.717, 1.165) is 0 Å². The van der Waals surface area contributed by atoms with Gasteiger partial charge in [0.05, 0.1) is 19.2 Å². The Morgan fingerprint density at radius 3 is 2.41 bits per heavy atom. The zero-order chi connectivity index (χ0) is 13.2. The third-order valence-electron chi connectivity index (χ3n) is 2.61. The first-order valence-electron chi connectivity index (χ1n) is 5.46. The number of hydrogen-bond acceptors (Lipinski definition) is 4. The Labute approximate surface area is 101 Å². The topological polar surface area (TPSA) is 72.5 Å². The van der Waals surface area contributed by atoms with E-state index in [0.29, 0.717) is 11.3 Å². The van der Waals surface area contributed by atoms with Crippen LogP contribution in [0.3, 0.4) is 0 Å². The molecule has 1 rings (SSSR count). The minimum atomic E-state index is -0.299. The molecule has 3 N–H and O–H groups in total. The molecule has 0 saturated heterocycles. The van der Waals surface area contributed by atoms with Gasteiger partial charge in [-0.2, -0.15) is 0 Å². The Balaban J connectivity index is 3.47. The van der Waals surface area contributed by atoms with Gasteiger partial charge in [-0.25, -0.2) is 0 Å². The van der Waals surface area contributed by atoms with Gasteiger partial charge in [-0.15, -0.1) is 0 Å². The van der Waals surface area contributed by atoms with Crippen molar-refractivity contribution in [2.75, 3.05) is 13.7 Å². The first kappa shape index (κ1) is 13.5. The average molecular weight is 237 g/mol. The van der Waals surface area contributed by atoms with Crippen LogP contribution in [0.15, 0.2) is 12.1 Å². The van der Waals surface area contributed by atoms with Crippen LogP contribution in [0, 0.1) is 0 Å². The molecular formula is C13H19NO3. The first-order valence-corrected chi connectivity index (χ1v) is 5.46. The summed E-state index contributed by atoms with van der Waals surface area (Å²) in [5, 5.41) is 10.1. The summed E-state index contributed by atoms with van der Waals surface area (Å²) in [6, 6.07) is 3.25. The number of ketones is 1. The summed E-state index contributed by atoms with van der Waals surface area (Å²) in [6.45, 7) is 5.74. The van der Waals surface area contributed by atoms with Crippen molar-refractivity contribution in [3.8, 4) is 11.5 Å². The molecule has 0 amide bonds. The normalized spacial score (nSPS) is 11.4. The van der Waals surface area contributed by atoms with Crippen LogP contribution in [0.5, 0.6) is 11.5 Å². The number of hydrogen-bond donors (Lipinski definition) is 2. The second-order valence-corrected chi connectivity index (χ2v) is 4.95. The van der Waals surface area contributed by atoms with Gasteiger partial charge in [0.1, 0.15) is 11.5 Å². The molecule has 0 atom stereocenters. The predicted molar refractivity (Wildman–Crippen MR) is 66.7 cm³/mol. The standard InChI is InChI=1S/C13H19NO3/c1-13(2,3)10-6-8(17-4)5-9(12(10)16)11(15)7-14/h5-6,16H,7,14H2,1-4H3. The van der Waals surface area contributed by atoms with E-state index in [-0.39, 0.29) is 29.1 Å². The lowest BCUT2D eigenvalue weighted by Crippen LogP contribution is -2.17. The highest BCUT2D eigenvalue weighted by Gasteiger charge is 2.23. The van der Waals surface area contributed by atoms with Crippen molar-refractivity contribution in [2.24, 2.45) is 5.73 Å². The molecule has 1 aromatic rings. The molecule has 0 aromatic heterocycles. The Morgan fingerprint density at radius 2 is 2.00 bits per heavy atom. The second kappa shape index (κ2) is 4.75. The number of phenolic OH excluding ortho intramolecular Hbond substituents is 1. The van der Waals surface area contributed by atoms with Gasteiger partial charge in [0.25, 0.3) is 0 Å². The van der Waals surface area contributed by atoms with Gasteiger partial charge >= 0.3 is 0 Å². The SMILES string of the molecule is COc1cc(C(=O)CN)c(O)c(C(C)(C)C)c1. The molecule has 4 heteroatoms. The van der Waals surface area contributed by atoms with Crippen LogP contribution in [0.2, 0.25) is 0 Å². The molecule has 0 aliphatic heterocycles. The van der Waals surface area contributed by atoms with Crippen molar-refractivity contribution in [3.05, 3.63) is 23.3 Å². The number of benzene rings is 1.